The summed E-state index contributed by atoms with van der Waals surface area (Å²) in [6.07, 6.45) is 1.17. The van der Waals surface area contributed by atoms with Crippen molar-refractivity contribution in [2.45, 2.75) is 18.9 Å². The van der Waals surface area contributed by atoms with Crippen LogP contribution in [0.25, 0.3) is 0 Å². The number of rotatable bonds is 10. The van der Waals surface area contributed by atoms with E-state index in [1.165, 1.54) is 5.56 Å². The van der Waals surface area contributed by atoms with E-state index in [4.69, 9.17) is 14.2 Å². The monoisotopic (exact) mass is 441 g/mol. The minimum atomic E-state index is -0.0164. The molecule has 1 saturated heterocycles. The van der Waals surface area contributed by atoms with E-state index >= 15 is 0 Å². The highest BCUT2D eigenvalue weighted by molar-refractivity contribution is 5.79. The molecule has 3 rings (SSSR count). The summed E-state index contributed by atoms with van der Waals surface area (Å²) < 4.78 is 16.1. The van der Waals surface area contributed by atoms with Crippen molar-refractivity contribution in [3.05, 3.63) is 53.6 Å². The molecular formula is C25H35N3O4. The van der Waals surface area contributed by atoms with Gasteiger partial charge in [-0.1, -0.05) is 30.3 Å². The molecule has 1 N–H and O–H groups in total. The van der Waals surface area contributed by atoms with E-state index < -0.39 is 0 Å². The maximum atomic E-state index is 12.5. The summed E-state index contributed by atoms with van der Waals surface area (Å²) in [6.45, 7) is 4.73. The SMILES string of the molecule is COc1cc(CC(=O)NCCCN2CCN(C)C[C@@H]2c2ccccc2)cc(OC)c1OC. The summed E-state index contributed by atoms with van der Waals surface area (Å²) in [6, 6.07) is 14.7. The van der Waals surface area contributed by atoms with Crippen LogP contribution >= 0.6 is 0 Å². The van der Waals surface area contributed by atoms with Crippen molar-refractivity contribution in [2.24, 2.45) is 0 Å². The number of likely N-dealkylation sites (N-methyl/N-ethyl adjacent to an activating group) is 1. The molecule has 1 aliphatic rings. The molecule has 0 saturated carbocycles. The Bertz CT molecular complexity index is 850. The molecule has 0 bridgehead atoms. The zero-order valence-electron chi connectivity index (χ0n) is 19.6. The van der Waals surface area contributed by atoms with Crippen LogP contribution in [0, 0.1) is 0 Å². The van der Waals surface area contributed by atoms with Gasteiger partial charge in [0.15, 0.2) is 11.5 Å². The molecule has 1 amide bonds. The van der Waals surface area contributed by atoms with Crippen molar-refractivity contribution >= 4 is 5.91 Å². The van der Waals surface area contributed by atoms with Crippen LogP contribution in [0.4, 0.5) is 0 Å². The number of ether oxygens (including phenoxy) is 3. The van der Waals surface area contributed by atoms with Crippen molar-refractivity contribution < 1.29 is 19.0 Å². The Morgan fingerprint density at radius 2 is 1.72 bits per heavy atom. The van der Waals surface area contributed by atoms with Gasteiger partial charge in [-0.3, -0.25) is 9.69 Å². The first-order chi connectivity index (χ1) is 15.5. The van der Waals surface area contributed by atoms with Crippen LogP contribution in [0.15, 0.2) is 42.5 Å². The Morgan fingerprint density at radius 3 is 2.34 bits per heavy atom. The minimum Gasteiger partial charge on any atom is -0.493 e. The van der Waals surface area contributed by atoms with E-state index in [0.29, 0.717) is 29.8 Å². The smallest absolute Gasteiger partial charge is 0.224 e. The number of nitrogens with one attached hydrogen (secondary N) is 1. The van der Waals surface area contributed by atoms with E-state index in [1.807, 2.05) is 12.1 Å². The number of carbonyl (C=O) groups excluding carboxylic acids is 1. The summed E-state index contributed by atoms with van der Waals surface area (Å²) in [4.78, 5) is 17.4. The molecule has 2 aromatic rings. The van der Waals surface area contributed by atoms with Crippen molar-refractivity contribution in [2.75, 3.05) is 61.1 Å². The standard InChI is InChI=1S/C25H35N3O4/c1-27-13-14-28(21(18-27)20-9-6-5-7-10-20)12-8-11-26-24(29)17-19-15-22(30-2)25(32-4)23(16-19)31-3/h5-7,9-10,15-16,21H,8,11-14,17-18H2,1-4H3,(H,26,29)/t21-/m1/s1. The first-order valence-corrected chi connectivity index (χ1v) is 11.1. The third-order valence-corrected chi connectivity index (χ3v) is 5.91. The Labute approximate surface area is 191 Å². The Kier molecular flexibility index (Phi) is 8.76. The molecule has 7 nitrogen and oxygen atoms in total. The van der Waals surface area contributed by atoms with E-state index in [2.05, 4.69) is 52.5 Å². The highest BCUT2D eigenvalue weighted by atomic mass is 16.5. The number of piperazine rings is 1. The lowest BCUT2D eigenvalue weighted by Gasteiger charge is -2.40. The molecule has 0 aliphatic carbocycles. The van der Waals surface area contributed by atoms with E-state index in [0.717, 1.165) is 38.2 Å². The number of benzene rings is 2. The lowest BCUT2D eigenvalue weighted by Crippen LogP contribution is -2.47. The number of hydrogen-bond donors (Lipinski definition) is 1. The normalized spacial score (nSPS) is 17.1. The fourth-order valence-electron chi connectivity index (χ4n) is 4.21. The lowest BCUT2D eigenvalue weighted by atomic mass is 10.0. The van der Waals surface area contributed by atoms with Gasteiger partial charge < -0.3 is 24.4 Å². The van der Waals surface area contributed by atoms with Gasteiger partial charge in [0, 0.05) is 38.8 Å². The van der Waals surface area contributed by atoms with Crippen LogP contribution in [0.5, 0.6) is 17.2 Å². The summed E-state index contributed by atoms with van der Waals surface area (Å²) in [5.74, 6) is 1.62. The molecule has 0 radical (unpaired) electrons. The van der Waals surface area contributed by atoms with Gasteiger partial charge in [-0.15, -0.1) is 0 Å². The maximum Gasteiger partial charge on any atom is 0.224 e. The summed E-state index contributed by atoms with van der Waals surface area (Å²) in [5, 5.41) is 3.05. The van der Waals surface area contributed by atoms with Crippen LogP contribution in [-0.4, -0.2) is 76.8 Å². The molecule has 1 heterocycles. The zero-order valence-corrected chi connectivity index (χ0v) is 19.6. The van der Waals surface area contributed by atoms with Crippen molar-refractivity contribution in [3.8, 4) is 17.2 Å². The second-order valence-electron chi connectivity index (χ2n) is 8.14. The third-order valence-electron chi connectivity index (χ3n) is 5.91. The minimum absolute atomic E-state index is 0.0164. The first-order valence-electron chi connectivity index (χ1n) is 11.1. The summed E-state index contributed by atoms with van der Waals surface area (Å²) in [5.41, 5.74) is 2.17. The summed E-state index contributed by atoms with van der Waals surface area (Å²) >= 11 is 0. The van der Waals surface area contributed by atoms with Gasteiger partial charge in [0.05, 0.1) is 27.8 Å². The number of hydrogen-bond acceptors (Lipinski definition) is 6. The number of methoxy groups -OCH3 is 3. The number of amides is 1. The molecule has 1 aliphatic heterocycles. The Morgan fingerprint density at radius 1 is 1.03 bits per heavy atom. The maximum absolute atomic E-state index is 12.5. The van der Waals surface area contributed by atoms with Gasteiger partial charge in [0.1, 0.15) is 0 Å². The molecule has 0 spiro atoms. The van der Waals surface area contributed by atoms with E-state index in [9.17, 15) is 4.79 Å². The molecule has 174 valence electrons. The topological polar surface area (TPSA) is 63.3 Å². The van der Waals surface area contributed by atoms with Crippen LogP contribution in [-0.2, 0) is 11.2 Å². The van der Waals surface area contributed by atoms with Gasteiger partial charge in [-0.2, -0.15) is 0 Å². The molecule has 1 atom stereocenters. The molecule has 1 fully saturated rings. The van der Waals surface area contributed by atoms with Crippen LogP contribution in [0.3, 0.4) is 0 Å². The second-order valence-corrected chi connectivity index (χ2v) is 8.14. The van der Waals surface area contributed by atoms with Crippen LogP contribution in [0.1, 0.15) is 23.6 Å². The average molecular weight is 442 g/mol. The van der Waals surface area contributed by atoms with Crippen LogP contribution < -0.4 is 19.5 Å². The Balaban J connectivity index is 1.50. The quantitative estimate of drug-likeness (QED) is 0.572. The number of carbonyl (C=O) groups is 1. The van der Waals surface area contributed by atoms with Crippen LogP contribution in [0.2, 0.25) is 0 Å². The fraction of sp³-hybridized carbons (Fsp3) is 0.480. The molecule has 2 aromatic carbocycles. The third kappa shape index (κ3) is 6.14. The molecule has 0 aromatic heterocycles. The van der Waals surface area contributed by atoms with Gasteiger partial charge >= 0.3 is 0 Å². The van der Waals surface area contributed by atoms with Gasteiger partial charge in [0.25, 0.3) is 0 Å². The highest BCUT2D eigenvalue weighted by Gasteiger charge is 2.26. The van der Waals surface area contributed by atoms with Crippen molar-refractivity contribution in [1.29, 1.82) is 0 Å². The Hall–Kier alpha value is -2.77. The van der Waals surface area contributed by atoms with E-state index in [-0.39, 0.29) is 12.3 Å². The predicted octanol–water partition coefficient (Wildman–Crippen LogP) is 2.75. The van der Waals surface area contributed by atoms with E-state index in [1.54, 1.807) is 21.3 Å². The summed E-state index contributed by atoms with van der Waals surface area (Å²) in [7, 11) is 6.89. The van der Waals surface area contributed by atoms with Gasteiger partial charge in [-0.05, 0) is 36.7 Å². The van der Waals surface area contributed by atoms with Gasteiger partial charge in [-0.25, -0.2) is 0 Å². The molecule has 7 heteroatoms. The largest absolute Gasteiger partial charge is 0.493 e. The number of nitrogens with zero attached hydrogens (tertiary/aromatic N) is 2. The molecular weight excluding hydrogens is 406 g/mol. The first kappa shape index (κ1) is 23.9. The fourth-order valence-corrected chi connectivity index (χ4v) is 4.21. The van der Waals surface area contributed by atoms with Crippen molar-refractivity contribution in [1.82, 2.24) is 15.1 Å². The van der Waals surface area contributed by atoms with Crippen molar-refractivity contribution in [3.63, 3.8) is 0 Å². The zero-order chi connectivity index (χ0) is 22.9. The molecule has 0 unspecified atom stereocenters. The lowest BCUT2D eigenvalue weighted by molar-refractivity contribution is -0.120. The van der Waals surface area contributed by atoms with Gasteiger partial charge in [0.2, 0.25) is 11.7 Å². The average Bonchev–Trinajstić information content (AvgIpc) is 2.82. The molecule has 32 heavy (non-hydrogen) atoms. The predicted molar refractivity (Wildman–Crippen MR) is 126 cm³/mol. The highest BCUT2D eigenvalue weighted by Crippen LogP contribution is 2.38. The second kappa shape index (κ2) is 11.7.